The van der Waals surface area contributed by atoms with E-state index in [1.807, 2.05) is 35.4 Å². The van der Waals surface area contributed by atoms with E-state index in [1.54, 1.807) is 11.3 Å². The van der Waals surface area contributed by atoms with Crippen LogP contribution in [0.25, 0.3) is 10.7 Å². The number of nitrogens with zero attached hydrogens (tertiary/aromatic N) is 4. The van der Waals surface area contributed by atoms with Crippen LogP contribution in [0.3, 0.4) is 0 Å². The molecular weight excluding hydrogens is 312 g/mol. The van der Waals surface area contributed by atoms with Crippen LogP contribution in [-0.2, 0) is 4.79 Å². The van der Waals surface area contributed by atoms with Crippen LogP contribution in [0.1, 0.15) is 12.1 Å². The first-order chi connectivity index (χ1) is 11.1. The normalized spacial score (nSPS) is 16.3. The van der Waals surface area contributed by atoms with Gasteiger partial charge in [0.15, 0.2) is 5.82 Å². The molecule has 0 saturated carbocycles. The van der Waals surface area contributed by atoms with Gasteiger partial charge >= 0.3 is 5.97 Å². The highest BCUT2D eigenvalue weighted by atomic mass is 32.1. The molecule has 0 amide bonds. The van der Waals surface area contributed by atoms with Crippen molar-refractivity contribution < 1.29 is 9.90 Å². The topological polar surface area (TPSA) is 69.6 Å². The number of carboxylic acid groups (broad SMARTS) is 1. The maximum absolute atomic E-state index is 10.9. The van der Waals surface area contributed by atoms with E-state index in [0.717, 1.165) is 54.8 Å². The summed E-state index contributed by atoms with van der Waals surface area (Å²) in [5.41, 5.74) is 0.949. The van der Waals surface area contributed by atoms with Gasteiger partial charge in [0.05, 0.1) is 11.4 Å². The number of anilines is 1. The molecule has 122 valence electrons. The second-order valence-electron chi connectivity index (χ2n) is 5.68. The Bertz CT molecular complexity index is 675. The van der Waals surface area contributed by atoms with E-state index in [4.69, 9.17) is 10.1 Å². The van der Waals surface area contributed by atoms with Crippen LogP contribution in [0.5, 0.6) is 0 Å². The molecule has 1 saturated heterocycles. The van der Waals surface area contributed by atoms with Crippen LogP contribution in [0, 0.1) is 6.92 Å². The monoisotopic (exact) mass is 332 g/mol. The van der Waals surface area contributed by atoms with Gasteiger partial charge in [0.2, 0.25) is 0 Å². The Morgan fingerprint density at radius 3 is 2.91 bits per heavy atom. The molecule has 0 aliphatic carbocycles. The molecule has 1 aliphatic rings. The third-order valence-corrected chi connectivity index (χ3v) is 4.72. The van der Waals surface area contributed by atoms with Gasteiger partial charge in [-0.25, -0.2) is 9.97 Å². The molecule has 2 aromatic rings. The molecule has 0 unspecified atom stereocenters. The van der Waals surface area contributed by atoms with Gasteiger partial charge in [-0.15, -0.1) is 11.3 Å². The molecule has 23 heavy (non-hydrogen) atoms. The summed E-state index contributed by atoms with van der Waals surface area (Å²) in [6, 6.07) is 6.03. The number of aromatic nitrogens is 2. The molecule has 1 fully saturated rings. The number of hydrogen-bond acceptors (Lipinski definition) is 6. The van der Waals surface area contributed by atoms with Crippen LogP contribution in [0.2, 0.25) is 0 Å². The minimum atomic E-state index is -0.767. The summed E-state index contributed by atoms with van der Waals surface area (Å²) in [6.45, 7) is 5.31. The zero-order chi connectivity index (χ0) is 16.2. The van der Waals surface area contributed by atoms with Crippen molar-refractivity contribution in [1.29, 1.82) is 0 Å². The molecule has 6 nitrogen and oxygen atoms in total. The van der Waals surface area contributed by atoms with E-state index in [1.165, 1.54) is 0 Å². The van der Waals surface area contributed by atoms with Crippen LogP contribution >= 0.6 is 11.3 Å². The van der Waals surface area contributed by atoms with E-state index in [9.17, 15) is 4.79 Å². The average molecular weight is 332 g/mol. The predicted molar refractivity (Wildman–Crippen MR) is 91.0 cm³/mol. The number of aliphatic carboxylic acids is 1. The fourth-order valence-electron chi connectivity index (χ4n) is 2.78. The second-order valence-corrected chi connectivity index (χ2v) is 6.63. The van der Waals surface area contributed by atoms with Gasteiger partial charge in [-0.1, -0.05) is 6.07 Å². The average Bonchev–Trinajstić information content (AvgIpc) is 2.94. The third-order valence-electron chi connectivity index (χ3n) is 3.85. The highest BCUT2D eigenvalue weighted by molar-refractivity contribution is 7.13. The zero-order valence-electron chi connectivity index (χ0n) is 13.1. The lowest BCUT2D eigenvalue weighted by molar-refractivity contribution is -0.138. The van der Waals surface area contributed by atoms with E-state index in [-0.39, 0.29) is 6.54 Å². The van der Waals surface area contributed by atoms with Gasteiger partial charge in [0, 0.05) is 37.9 Å². The molecule has 0 atom stereocenters. The first-order valence-corrected chi connectivity index (χ1v) is 8.58. The Hall–Kier alpha value is -1.99. The first kappa shape index (κ1) is 15.9. The number of hydrogen-bond donors (Lipinski definition) is 1. The highest BCUT2D eigenvalue weighted by Crippen LogP contribution is 2.24. The molecule has 3 heterocycles. The van der Waals surface area contributed by atoms with Crippen molar-refractivity contribution in [2.45, 2.75) is 13.3 Å². The van der Waals surface area contributed by atoms with Crippen molar-refractivity contribution in [3.63, 3.8) is 0 Å². The summed E-state index contributed by atoms with van der Waals surface area (Å²) in [4.78, 5) is 25.4. The summed E-state index contributed by atoms with van der Waals surface area (Å²) >= 11 is 1.63. The molecule has 2 aromatic heterocycles. The van der Waals surface area contributed by atoms with Crippen molar-refractivity contribution >= 4 is 23.1 Å². The fourth-order valence-corrected chi connectivity index (χ4v) is 3.44. The zero-order valence-corrected chi connectivity index (χ0v) is 13.9. The summed E-state index contributed by atoms with van der Waals surface area (Å²) in [5.74, 6) is 0.927. The minimum absolute atomic E-state index is 0.108. The molecule has 3 rings (SSSR count). The summed E-state index contributed by atoms with van der Waals surface area (Å²) in [5, 5.41) is 11.0. The molecule has 1 N–H and O–H groups in total. The molecule has 7 heteroatoms. The van der Waals surface area contributed by atoms with E-state index in [2.05, 4.69) is 9.88 Å². The third kappa shape index (κ3) is 4.05. The van der Waals surface area contributed by atoms with Gasteiger partial charge in [-0.3, -0.25) is 9.69 Å². The van der Waals surface area contributed by atoms with Gasteiger partial charge in [0.1, 0.15) is 5.82 Å². The van der Waals surface area contributed by atoms with Crippen LogP contribution < -0.4 is 4.90 Å². The number of rotatable bonds is 4. The highest BCUT2D eigenvalue weighted by Gasteiger charge is 2.18. The van der Waals surface area contributed by atoms with Crippen LogP contribution in [-0.4, -0.2) is 58.7 Å². The smallest absolute Gasteiger partial charge is 0.317 e. The predicted octanol–water partition coefficient (Wildman–Crippen LogP) is 2.11. The Morgan fingerprint density at radius 2 is 2.17 bits per heavy atom. The Labute approximate surface area is 139 Å². The molecule has 0 radical (unpaired) electrons. The number of carbonyl (C=O) groups is 1. The quantitative estimate of drug-likeness (QED) is 0.925. The van der Waals surface area contributed by atoms with Gasteiger partial charge < -0.3 is 10.0 Å². The van der Waals surface area contributed by atoms with E-state index < -0.39 is 5.97 Å². The summed E-state index contributed by atoms with van der Waals surface area (Å²) in [7, 11) is 0. The maximum Gasteiger partial charge on any atom is 0.317 e. The number of thiophene rings is 1. The Morgan fingerprint density at radius 1 is 1.30 bits per heavy atom. The molecule has 0 aromatic carbocycles. The standard InChI is InChI=1S/C16H20N4O2S/c1-12-10-14(18-16(17-12)13-4-2-9-23-13)20-6-3-5-19(7-8-20)11-15(21)22/h2,4,9-10H,3,5-8,11H2,1H3,(H,21,22). The lowest BCUT2D eigenvalue weighted by atomic mass is 10.3. The van der Waals surface area contributed by atoms with Crippen molar-refractivity contribution in [2.75, 3.05) is 37.6 Å². The molecule has 1 aliphatic heterocycles. The number of carboxylic acids is 1. The second kappa shape index (κ2) is 7.06. The van der Waals surface area contributed by atoms with Crippen molar-refractivity contribution in [3.05, 3.63) is 29.3 Å². The molecule has 0 spiro atoms. The van der Waals surface area contributed by atoms with Crippen molar-refractivity contribution in [3.8, 4) is 10.7 Å². The minimum Gasteiger partial charge on any atom is -0.480 e. The molecule has 0 bridgehead atoms. The van der Waals surface area contributed by atoms with E-state index >= 15 is 0 Å². The summed E-state index contributed by atoms with van der Waals surface area (Å²) < 4.78 is 0. The Kier molecular flexibility index (Phi) is 4.88. The Balaban J connectivity index is 1.77. The van der Waals surface area contributed by atoms with E-state index in [0.29, 0.717) is 0 Å². The lowest BCUT2D eigenvalue weighted by Gasteiger charge is -2.22. The van der Waals surface area contributed by atoms with Gasteiger partial charge in [-0.05, 0) is 24.8 Å². The van der Waals surface area contributed by atoms with Crippen LogP contribution in [0.4, 0.5) is 5.82 Å². The van der Waals surface area contributed by atoms with Crippen molar-refractivity contribution in [1.82, 2.24) is 14.9 Å². The largest absolute Gasteiger partial charge is 0.480 e. The van der Waals surface area contributed by atoms with Crippen molar-refractivity contribution in [2.24, 2.45) is 0 Å². The summed E-state index contributed by atoms with van der Waals surface area (Å²) in [6.07, 6.45) is 0.935. The SMILES string of the molecule is Cc1cc(N2CCCN(CC(=O)O)CC2)nc(-c2cccs2)n1. The maximum atomic E-state index is 10.9. The number of aryl methyl sites for hydroxylation is 1. The van der Waals surface area contributed by atoms with Gasteiger partial charge in [0.25, 0.3) is 0 Å². The molecular formula is C16H20N4O2S. The van der Waals surface area contributed by atoms with Crippen LogP contribution in [0.15, 0.2) is 23.6 Å². The lowest BCUT2D eigenvalue weighted by Crippen LogP contribution is -2.34. The van der Waals surface area contributed by atoms with Gasteiger partial charge in [-0.2, -0.15) is 0 Å². The fraction of sp³-hybridized carbons (Fsp3) is 0.438. The first-order valence-electron chi connectivity index (χ1n) is 7.70.